The lowest BCUT2D eigenvalue weighted by molar-refractivity contribution is 0.102. The van der Waals surface area contributed by atoms with Crippen LogP contribution >= 0.6 is 0 Å². The Labute approximate surface area is 84.9 Å². The van der Waals surface area contributed by atoms with Crippen LogP contribution in [0.25, 0.3) is 11.0 Å². The van der Waals surface area contributed by atoms with E-state index in [0.717, 1.165) is 5.39 Å². The van der Waals surface area contributed by atoms with E-state index >= 15 is 0 Å². The van der Waals surface area contributed by atoms with Crippen LogP contribution in [0.1, 0.15) is 0 Å². The predicted octanol–water partition coefficient (Wildman–Crippen LogP) is 0.626. The van der Waals surface area contributed by atoms with Crippen LogP contribution in [0.2, 0.25) is 0 Å². The Morgan fingerprint density at radius 3 is 2.93 bits per heavy atom. The molecule has 5 heteroatoms. The van der Waals surface area contributed by atoms with Crippen molar-refractivity contribution in [3.05, 3.63) is 40.8 Å². The van der Waals surface area contributed by atoms with Crippen LogP contribution < -0.4 is 15.9 Å². The van der Waals surface area contributed by atoms with Crippen molar-refractivity contribution in [2.45, 2.75) is 0 Å². The van der Waals surface area contributed by atoms with E-state index in [4.69, 9.17) is 14.4 Å². The summed E-state index contributed by atoms with van der Waals surface area (Å²) in [4.78, 5) is 15.9. The number of nitrogens with one attached hydrogen (secondary N) is 1. The van der Waals surface area contributed by atoms with Gasteiger partial charge >= 0.3 is 5.63 Å². The maximum atomic E-state index is 10.9. The summed E-state index contributed by atoms with van der Waals surface area (Å²) in [6.45, 7) is -0.295. The van der Waals surface area contributed by atoms with Crippen molar-refractivity contribution in [1.29, 1.82) is 0 Å². The van der Waals surface area contributed by atoms with E-state index < -0.39 is 5.63 Å². The van der Waals surface area contributed by atoms with Gasteiger partial charge in [-0.05, 0) is 18.2 Å². The van der Waals surface area contributed by atoms with Crippen molar-refractivity contribution in [2.24, 2.45) is 0 Å². The van der Waals surface area contributed by atoms with Crippen LogP contribution in [0.5, 0.6) is 5.75 Å². The average Bonchev–Trinajstić information content (AvgIpc) is 2.25. The smallest absolute Gasteiger partial charge is 0.336 e. The molecular weight excluding hydrogens is 198 g/mol. The molecule has 5 nitrogen and oxygen atoms in total. The van der Waals surface area contributed by atoms with Gasteiger partial charge in [0.2, 0.25) is 0 Å². The second kappa shape index (κ2) is 4.12. The lowest BCUT2D eigenvalue weighted by atomic mass is 10.2. The first kappa shape index (κ1) is 9.70. The molecule has 0 aliphatic heterocycles. The molecule has 0 fully saturated rings. The van der Waals surface area contributed by atoms with Gasteiger partial charge in [0.15, 0.2) is 5.75 Å². The fraction of sp³-hybridized carbons (Fsp3) is 0.100. The average molecular weight is 207 g/mol. The Morgan fingerprint density at radius 2 is 2.13 bits per heavy atom. The minimum absolute atomic E-state index is 0.295. The van der Waals surface area contributed by atoms with Crippen molar-refractivity contribution in [2.75, 3.05) is 6.73 Å². The number of aliphatic hydroxyl groups excluding tert-OH is 1. The highest BCUT2D eigenvalue weighted by Gasteiger charge is 1.99. The van der Waals surface area contributed by atoms with Gasteiger partial charge in [0.25, 0.3) is 0 Å². The second-order valence-electron chi connectivity index (χ2n) is 2.86. The summed E-state index contributed by atoms with van der Waals surface area (Å²) in [5.41, 5.74) is 2.32. The Hall–Kier alpha value is -1.85. The molecule has 1 aromatic heterocycles. The highest BCUT2D eigenvalue weighted by Crippen LogP contribution is 2.18. The maximum Gasteiger partial charge on any atom is 0.336 e. The highest BCUT2D eigenvalue weighted by molar-refractivity contribution is 5.77. The molecule has 2 rings (SSSR count). The summed E-state index contributed by atoms with van der Waals surface area (Å²) in [5.74, 6) is 0.464. The zero-order chi connectivity index (χ0) is 10.7. The maximum absolute atomic E-state index is 10.9. The van der Waals surface area contributed by atoms with Gasteiger partial charge in [-0.15, -0.1) is 5.48 Å². The summed E-state index contributed by atoms with van der Waals surface area (Å²) < 4.78 is 4.96. The zero-order valence-electron chi connectivity index (χ0n) is 7.77. The molecule has 0 amide bonds. The van der Waals surface area contributed by atoms with Gasteiger partial charge in [0.05, 0.1) is 0 Å². The van der Waals surface area contributed by atoms with Gasteiger partial charge < -0.3 is 14.4 Å². The molecule has 0 unspecified atom stereocenters. The Kier molecular flexibility index (Phi) is 2.66. The monoisotopic (exact) mass is 207 g/mol. The van der Waals surface area contributed by atoms with Gasteiger partial charge in [-0.2, -0.15) is 0 Å². The van der Waals surface area contributed by atoms with Crippen LogP contribution in [0.4, 0.5) is 0 Å². The first-order valence-electron chi connectivity index (χ1n) is 4.34. The summed E-state index contributed by atoms with van der Waals surface area (Å²) in [5, 5.41) is 9.29. The Morgan fingerprint density at radius 1 is 1.33 bits per heavy atom. The lowest BCUT2D eigenvalue weighted by Gasteiger charge is -2.04. The van der Waals surface area contributed by atoms with Gasteiger partial charge in [-0.1, -0.05) is 0 Å². The van der Waals surface area contributed by atoms with Crippen molar-refractivity contribution >= 4 is 11.0 Å². The number of hydrogen-bond donors (Lipinski definition) is 2. The third-order valence-corrected chi connectivity index (χ3v) is 1.85. The van der Waals surface area contributed by atoms with Gasteiger partial charge in [0, 0.05) is 17.5 Å². The predicted molar refractivity (Wildman–Crippen MR) is 53.3 cm³/mol. The lowest BCUT2D eigenvalue weighted by Crippen LogP contribution is -2.18. The molecule has 15 heavy (non-hydrogen) atoms. The Bertz CT molecular complexity index is 520. The molecule has 1 heterocycles. The molecule has 0 aliphatic carbocycles. The Balaban J connectivity index is 2.40. The van der Waals surface area contributed by atoms with Crippen molar-refractivity contribution in [3.8, 4) is 5.75 Å². The third-order valence-electron chi connectivity index (χ3n) is 1.85. The van der Waals surface area contributed by atoms with Crippen molar-refractivity contribution in [1.82, 2.24) is 5.48 Å². The summed E-state index contributed by atoms with van der Waals surface area (Å²) in [6.07, 6.45) is 0. The molecule has 1 aromatic carbocycles. The van der Waals surface area contributed by atoms with Crippen molar-refractivity contribution < 1.29 is 14.4 Å². The molecule has 2 N–H and O–H groups in total. The third kappa shape index (κ3) is 2.15. The molecule has 0 saturated heterocycles. The molecule has 2 aromatic rings. The van der Waals surface area contributed by atoms with Gasteiger partial charge in [0.1, 0.15) is 12.3 Å². The standard InChI is InChI=1S/C10H9NO4/c12-6-11-15-8-3-1-7-2-4-10(13)14-9(7)5-8/h1-5,11-12H,6H2. The fourth-order valence-corrected chi connectivity index (χ4v) is 1.22. The molecule has 0 aliphatic rings. The van der Waals surface area contributed by atoms with E-state index in [2.05, 4.69) is 5.48 Å². The van der Waals surface area contributed by atoms with Gasteiger partial charge in [-0.25, -0.2) is 4.79 Å². The van der Waals surface area contributed by atoms with Gasteiger partial charge in [-0.3, -0.25) is 0 Å². The second-order valence-corrected chi connectivity index (χ2v) is 2.86. The molecule has 0 radical (unpaired) electrons. The van der Waals surface area contributed by atoms with Crippen LogP contribution in [0.15, 0.2) is 39.5 Å². The summed E-state index contributed by atoms with van der Waals surface area (Å²) in [6, 6.07) is 8.05. The number of fused-ring (bicyclic) bond motifs is 1. The highest BCUT2D eigenvalue weighted by atomic mass is 16.7. The van der Waals surface area contributed by atoms with Crippen LogP contribution in [-0.2, 0) is 0 Å². The van der Waals surface area contributed by atoms with Crippen LogP contribution in [-0.4, -0.2) is 11.8 Å². The minimum atomic E-state index is -0.408. The molecule has 0 bridgehead atoms. The quantitative estimate of drug-likeness (QED) is 0.438. The normalized spacial score (nSPS) is 10.5. The topological polar surface area (TPSA) is 71.7 Å². The number of rotatable bonds is 3. The minimum Gasteiger partial charge on any atom is -0.423 e. The number of hydroxylamine groups is 1. The van der Waals surface area contributed by atoms with Crippen molar-refractivity contribution in [3.63, 3.8) is 0 Å². The van der Waals surface area contributed by atoms with E-state index in [1.807, 2.05) is 0 Å². The SMILES string of the molecule is O=c1ccc2ccc(ONCO)cc2o1. The van der Waals surface area contributed by atoms with E-state index in [1.54, 1.807) is 24.3 Å². The zero-order valence-corrected chi connectivity index (χ0v) is 7.77. The number of aliphatic hydroxyl groups is 1. The van der Waals surface area contributed by atoms with E-state index in [1.165, 1.54) is 6.07 Å². The molecule has 0 saturated carbocycles. The molecule has 0 spiro atoms. The number of hydrogen-bond acceptors (Lipinski definition) is 5. The van der Waals surface area contributed by atoms with E-state index in [9.17, 15) is 4.79 Å². The molecule has 0 atom stereocenters. The summed E-state index contributed by atoms with van der Waals surface area (Å²) in [7, 11) is 0. The fourth-order valence-electron chi connectivity index (χ4n) is 1.22. The largest absolute Gasteiger partial charge is 0.423 e. The summed E-state index contributed by atoms with van der Waals surface area (Å²) >= 11 is 0. The number of benzene rings is 1. The first-order chi connectivity index (χ1) is 7.29. The molecule has 78 valence electrons. The molecular formula is C10H9NO4. The van der Waals surface area contributed by atoms with Crippen LogP contribution in [0.3, 0.4) is 0 Å². The first-order valence-corrected chi connectivity index (χ1v) is 4.34. The van der Waals surface area contributed by atoms with E-state index in [-0.39, 0.29) is 6.73 Å². The van der Waals surface area contributed by atoms with Crippen LogP contribution in [0, 0.1) is 0 Å². The van der Waals surface area contributed by atoms with E-state index in [0.29, 0.717) is 11.3 Å².